The van der Waals surface area contributed by atoms with Crippen LogP contribution < -0.4 is 4.74 Å². The Hall–Kier alpha value is -1.25. The first-order valence-electron chi connectivity index (χ1n) is 4.25. The molecule has 0 saturated heterocycles. The van der Waals surface area contributed by atoms with Crippen LogP contribution >= 0.6 is 12.2 Å². The quantitative estimate of drug-likeness (QED) is 0.424. The Morgan fingerprint density at radius 2 is 2.21 bits per heavy atom. The number of isothiocyanates is 1. The number of rotatable bonds is 5. The molecule has 4 heteroatoms. The van der Waals surface area contributed by atoms with Crippen molar-refractivity contribution in [2.75, 3.05) is 13.2 Å². The van der Waals surface area contributed by atoms with Gasteiger partial charge < -0.3 is 4.74 Å². The Morgan fingerprint density at radius 3 is 2.93 bits per heavy atom. The molecule has 1 aromatic rings. The lowest BCUT2D eigenvalue weighted by molar-refractivity contribution is 0.298. The molecule has 0 aliphatic rings. The van der Waals surface area contributed by atoms with E-state index in [-0.39, 0.29) is 11.6 Å². The molecule has 0 aromatic heterocycles. The monoisotopic (exact) mass is 211 g/mol. The van der Waals surface area contributed by atoms with E-state index in [0.29, 0.717) is 19.6 Å². The lowest BCUT2D eigenvalue weighted by atomic mass is 10.3. The van der Waals surface area contributed by atoms with Crippen molar-refractivity contribution in [3.63, 3.8) is 0 Å². The van der Waals surface area contributed by atoms with E-state index in [2.05, 4.69) is 22.4 Å². The maximum Gasteiger partial charge on any atom is 0.165 e. The summed E-state index contributed by atoms with van der Waals surface area (Å²) in [6, 6.07) is 6.31. The van der Waals surface area contributed by atoms with Gasteiger partial charge in [-0.25, -0.2) is 9.38 Å². The summed E-state index contributed by atoms with van der Waals surface area (Å²) >= 11 is 4.40. The maximum absolute atomic E-state index is 13.0. The van der Waals surface area contributed by atoms with Crippen LogP contribution in [0.4, 0.5) is 4.39 Å². The van der Waals surface area contributed by atoms with Gasteiger partial charge in [0.05, 0.1) is 18.3 Å². The first-order chi connectivity index (χ1) is 6.84. The number of thiocarbonyl (C=S) groups is 1. The summed E-state index contributed by atoms with van der Waals surface area (Å²) in [4.78, 5) is 3.72. The first kappa shape index (κ1) is 10.8. The van der Waals surface area contributed by atoms with E-state index in [1.54, 1.807) is 18.2 Å². The summed E-state index contributed by atoms with van der Waals surface area (Å²) in [6.45, 7) is 0.999. The molecule has 0 radical (unpaired) electrons. The van der Waals surface area contributed by atoms with Gasteiger partial charge in [-0.3, -0.25) is 0 Å². The highest BCUT2D eigenvalue weighted by atomic mass is 32.1. The number of benzene rings is 1. The fourth-order valence-corrected chi connectivity index (χ4v) is 1.02. The molecule has 0 aliphatic carbocycles. The van der Waals surface area contributed by atoms with E-state index in [0.717, 1.165) is 0 Å². The maximum atomic E-state index is 13.0. The zero-order valence-electron chi connectivity index (χ0n) is 7.57. The van der Waals surface area contributed by atoms with Crippen molar-refractivity contribution >= 4 is 17.4 Å². The van der Waals surface area contributed by atoms with Gasteiger partial charge in [0.25, 0.3) is 0 Å². The molecule has 74 valence electrons. The van der Waals surface area contributed by atoms with E-state index < -0.39 is 0 Å². The molecule has 0 N–H and O–H groups in total. The minimum absolute atomic E-state index is 0.277. The third-order valence-electron chi connectivity index (χ3n) is 1.57. The minimum atomic E-state index is -0.342. The van der Waals surface area contributed by atoms with Crippen LogP contribution in [0.3, 0.4) is 0 Å². The topological polar surface area (TPSA) is 21.6 Å². The first-order valence-corrected chi connectivity index (χ1v) is 4.66. The summed E-state index contributed by atoms with van der Waals surface area (Å²) < 4.78 is 18.2. The SMILES string of the molecule is Fc1ccccc1OCCCN=C=S. The van der Waals surface area contributed by atoms with Gasteiger partial charge >= 0.3 is 0 Å². The zero-order chi connectivity index (χ0) is 10.2. The van der Waals surface area contributed by atoms with Crippen molar-refractivity contribution in [1.29, 1.82) is 0 Å². The molecule has 1 aromatic carbocycles. The fraction of sp³-hybridized carbons (Fsp3) is 0.300. The molecule has 0 fully saturated rings. The number of ether oxygens (including phenoxy) is 1. The molecule has 0 spiro atoms. The van der Waals surface area contributed by atoms with Crippen LogP contribution in [0.15, 0.2) is 29.3 Å². The molecule has 0 unspecified atom stereocenters. The summed E-state index contributed by atoms with van der Waals surface area (Å²) in [7, 11) is 0. The second kappa shape index (κ2) is 6.24. The number of nitrogens with zero attached hydrogens (tertiary/aromatic N) is 1. The van der Waals surface area contributed by atoms with Crippen LogP contribution in [-0.4, -0.2) is 18.3 Å². The van der Waals surface area contributed by atoms with Crippen molar-refractivity contribution < 1.29 is 9.13 Å². The zero-order valence-corrected chi connectivity index (χ0v) is 8.39. The molecule has 0 aliphatic heterocycles. The predicted octanol–water partition coefficient (Wildman–Crippen LogP) is 2.70. The van der Waals surface area contributed by atoms with Crippen LogP contribution in [0.5, 0.6) is 5.75 Å². The summed E-state index contributed by atoms with van der Waals surface area (Å²) in [6.07, 6.45) is 0.706. The standard InChI is InChI=1S/C10H10FNOS/c11-9-4-1-2-5-10(9)13-7-3-6-12-8-14/h1-2,4-5H,3,6-7H2. The van der Waals surface area contributed by atoms with E-state index in [1.165, 1.54) is 6.07 Å². The third-order valence-corrected chi connectivity index (χ3v) is 1.70. The van der Waals surface area contributed by atoms with Gasteiger partial charge in [-0.05, 0) is 24.4 Å². The molecule has 0 heterocycles. The highest BCUT2D eigenvalue weighted by Gasteiger charge is 1.99. The Morgan fingerprint density at radius 1 is 1.43 bits per heavy atom. The smallest absolute Gasteiger partial charge is 0.165 e. The molecular formula is C10H10FNOS. The summed E-state index contributed by atoms with van der Waals surface area (Å²) in [5.41, 5.74) is 0. The number of para-hydroxylation sites is 1. The predicted molar refractivity (Wildman–Crippen MR) is 56.4 cm³/mol. The third kappa shape index (κ3) is 3.64. The Balaban J connectivity index is 2.31. The molecule has 0 saturated carbocycles. The lowest BCUT2D eigenvalue weighted by Gasteiger charge is -2.04. The van der Waals surface area contributed by atoms with Crippen molar-refractivity contribution in [2.45, 2.75) is 6.42 Å². The van der Waals surface area contributed by atoms with Gasteiger partial charge in [0, 0.05) is 6.42 Å². The van der Waals surface area contributed by atoms with Gasteiger partial charge in [0.2, 0.25) is 0 Å². The highest BCUT2D eigenvalue weighted by molar-refractivity contribution is 7.78. The molecule has 0 amide bonds. The van der Waals surface area contributed by atoms with Crippen molar-refractivity contribution in [3.05, 3.63) is 30.1 Å². The van der Waals surface area contributed by atoms with Crippen LogP contribution in [0, 0.1) is 5.82 Å². The molecule has 14 heavy (non-hydrogen) atoms. The van der Waals surface area contributed by atoms with Crippen LogP contribution in [-0.2, 0) is 0 Å². The number of halogens is 1. The van der Waals surface area contributed by atoms with Crippen LogP contribution in [0.2, 0.25) is 0 Å². The molecule has 0 atom stereocenters. The Bertz CT molecular complexity index is 337. The van der Waals surface area contributed by atoms with Crippen LogP contribution in [0.1, 0.15) is 6.42 Å². The van der Waals surface area contributed by atoms with Gasteiger partial charge in [0.15, 0.2) is 11.6 Å². The number of aliphatic imine (C=N–C) groups is 1. The van der Waals surface area contributed by atoms with E-state index >= 15 is 0 Å². The largest absolute Gasteiger partial charge is 0.490 e. The fourth-order valence-electron chi connectivity index (χ4n) is 0.933. The Labute approximate surface area is 87.4 Å². The minimum Gasteiger partial charge on any atom is -0.490 e. The molecule has 0 bridgehead atoms. The summed E-state index contributed by atoms with van der Waals surface area (Å²) in [5.74, 6) is -0.0651. The number of hydrogen-bond donors (Lipinski definition) is 0. The normalized spacial score (nSPS) is 9.21. The lowest BCUT2D eigenvalue weighted by Crippen LogP contribution is -2.00. The molecule has 1 rings (SSSR count). The van der Waals surface area contributed by atoms with Gasteiger partial charge in [-0.15, -0.1) is 0 Å². The molecular weight excluding hydrogens is 201 g/mol. The van der Waals surface area contributed by atoms with Crippen molar-refractivity contribution in [1.82, 2.24) is 0 Å². The molecule has 2 nitrogen and oxygen atoms in total. The van der Waals surface area contributed by atoms with E-state index in [4.69, 9.17) is 4.74 Å². The van der Waals surface area contributed by atoms with Gasteiger partial charge in [0.1, 0.15) is 0 Å². The highest BCUT2D eigenvalue weighted by Crippen LogP contribution is 2.15. The van der Waals surface area contributed by atoms with Crippen molar-refractivity contribution in [3.8, 4) is 5.75 Å². The second-order valence-corrected chi connectivity index (χ2v) is 2.79. The van der Waals surface area contributed by atoms with Gasteiger partial charge in [-0.1, -0.05) is 12.1 Å². The van der Waals surface area contributed by atoms with E-state index in [9.17, 15) is 4.39 Å². The van der Waals surface area contributed by atoms with E-state index in [1.807, 2.05) is 0 Å². The van der Waals surface area contributed by atoms with Gasteiger partial charge in [-0.2, -0.15) is 0 Å². The second-order valence-electron chi connectivity index (χ2n) is 2.61. The summed E-state index contributed by atoms with van der Waals surface area (Å²) in [5, 5.41) is 2.26. The van der Waals surface area contributed by atoms with Crippen LogP contribution in [0.25, 0.3) is 0 Å². The average molecular weight is 211 g/mol. The Kier molecular flexibility index (Phi) is 4.83. The average Bonchev–Trinajstić information content (AvgIpc) is 2.20. The van der Waals surface area contributed by atoms with Crippen molar-refractivity contribution in [2.24, 2.45) is 4.99 Å². The number of hydrogen-bond acceptors (Lipinski definition) is 3.